The average molecular weight is 431 g/mol. The minimum absolute atomic E-state index is 0.126. The Morgan fingerprint density at radius 3 is 2.12 bits per heavy atom. The number of nitrogens with one attached hydrogen (secondary N) is 1. The number of rotatable bonds is 6. The topological polar surface area (TPSA) is 90.9 Å². The van der Waals surface area contributed by atoms with Gasteiger partial charge in [0.1, 0.15) is 17.2 Å². The van der Waals surface area contributed by atoms with E-state index in [0.29, 0.717) is 5.75 Å². The maximum absolute atomic E-state index is 13.2. The molecule has 7 nitrogen and oxygen atoms in total. The molecular formula is C25H21NO6. The molecule has 0 unspecified atom stereocenters. The van der Waals surface area contributed by atoms with Gasteiger partial charge < -0.3 is 19.5 Å². The molecule has 32 heavy (non-hydrogen) atoms. The van der Waals surface area contributed by atoms with Crippen LogP contribution in [0, 0.1) is 0 Å². The van der Waals surface area contributed by atoms with Crippen molar-refractivity contribution in [3.05, 3.63) is 88.0 Å². The summed E-state index contributed by atoms with van der Waals surface area (Å²) in [6, 6.07) is 15.1. The van der Waals surface area contributed by atoms with Gasteiger partial charge in [0.05, 0.1) is 32.5 Å². The van der Waals surface area contributed by atoms with Crippen LogP contribution in [0.2, 0.25) is 0 Å². The lowest BCUT2D eigenvalue weighted by Crippen LogP contribution is -2.26. The molecule has 7 heteroatoms. The van der Waals surface area contributed by atoms with Gasteiger partial charge in [-0.15, -0.1) is 0 Å². The lowest BCUT2D eigenvalue weighted by molar-refractivity contribution is 0.0947. The molecular weight excluding hydrogens is 410 g/mol. The molecule has 0 aromatic heterocycles. The summed E-state index contributed by atoms with van der Waals surface area (Å²) in [4.78, 5) is 39.3. The van der Waals surface area contributed by atoms with Crippen molar-refractivity contribution in [3.63, 3.8) is 0 Å². The Hall–Kier alpha value is -4.13. The number of hydrogen-bond acceptors (Lipinski definition) is 6. The standard InChI is InChI=1S/C25H21NO6/c1-30-16-9-7-14(8-10-16)13-26-25(29)15-11-18-22(20(12-15)32-3)24(28)21-17(23(18)27)5-4-6-19(21)31-2/h4-12H,13H2,1-3H3,(H,26,29). The molecule has 0 heterocycles. The fraction of sp³-hybridized carbons (Fsp3) is 0.160. The van der Waals surface area contributed by atoms with E-state index in [1.807, 2.05) is 12.1 Å². The summed E-state index contributed by atoms with van der Waals surface area (Å²) in [6.07, 6.45) is 0. The van der Waals surface area contributed by atoms with Gasteiger partial charge in [-0.1, -0.05) is 24.3 Å². The Bertz CT molecular complexity index is 1230. The second-order valence-electron chi connectivity index (χ2n) is 7.17. The first kappa shape index (κ1) is 21.1. The van der Waals surface area contributed by atoms with Crippen LogP contribution >= 0.6 is 0 Å². The highest BCUT2D eigenvalue weighted by molar-refractivity contribution is 6.30. The predicted octanol–water partition coefficient (Wildman–Crippen LogP) is 3.42. The summed E-state index contributed by atoms with van der Waals surface area (Å²) >= 11 is 0. The molecule has 0 saturated heterocycles. The highest BCUT2D eigenvalue weighted by Crippen LogP contribution is 2.37. The van der Waals surface area contributed by atoms with Crippen LogP contribution in [0.3, 0.4) is 0 Å². The summed E-state index contributed by atoms with van der Waals surface area (Å²) < 4.78 is 15.8. The molecule has 4 rings (SSSR count). The van der Waals surface area contributed by atoms with Crippen LogP contribution in [0.25, 0.3) is 0 Å². The Morgan fingerprint density at radius 2 is 1.47 bits per heavy atom. The van der Waals surface area contributed by atoms with E-state index in [1.165, 1.54) is 26.4 Å². The molecule has 0 bridgehead atoms. The van der Waals surface area contributed by atoms with Crippen molar-refractivity contribution >= 4 is 17.5 Å². The molecule has 3 aromatic rings. The first-order valence-electron chi connectivity index (χ1n) is 9.88. The molecule has 1 amide bonds. The van der Waals surface area contributed by atoms with Crippen molar-refractivity contribution in [2.45, 2.75) is 6.54 Å². The number of carbonyl (C=O) groups is 3. The maximum Gasteiger partial charge on any atom is 0.251 e. The van der Waals surface area contributed by atoms with Gasteiger partial charge in [-0.2, -0.15) is 0 Å². The molecule has 3 aromatic carbocycles. The number of benzene rings is 3. The third-order valence-corrected chi connectivity index (χ3v) is 5.39. The number of hydrogen-bond donors (Lipinski definition) is 1. The molecule has 0 radical (unpaired) electrons. The zero-order chi connectivity index (χ0) is 22.8. The van der Waals surface area contributed by atoms with E-state index in [-0.39, 0.29) is 51.7 Å². The van der Waals surface area contributed by atoms with Crippen LogP contribution in [0.1, 0.15) is 47.8 Å². The minimum Gasteiger partial charge on any atom is -0.497 e. The monoisotopic (exact) mass is 431 g/mol. The van der Waals surface area contributed by atoms with Crippen LogP contribution in [0.4, 0.5) is 0 Å². The van der Waals surface area contributed by atoms with Gasteiger partial charge in [-0.05, 0) is 35.9 Å². The van der Waals surface area contributed by atoms with Gasteiger partial charge in [0.15, 0.2) is 5.78 Å². The zero-order valence-corrected chi connectivity index (χ0v) is 17.9. The van der Waals surface area contributed by atoms with Crippen molar-refractivity contribution in [2.75, 3.05) is 21.3 Å². The van der Waals surface area contributed by atoms with Gasteiger partial charge >= 0.3 is 0 Å². The fourth-order valence-electron chi connectivity index (χ4n) is 3.74. The molecule has 0 atom stereocenters. The van der Waals surface area contributed by atoms with E-state index >= 15 is 0 Å². The Morgan fingerprint density at radius 1 is 0.781 bits per heavy atom. The van der Waals surface area contributed by atoms with E-state index in [2.05, 4.69) is 5.32 Å². The van der Waals surface area contributed by atoms with Gasteiger partial charge in [0.2, 0.25) is 5.78 Å². The second-order valence-corrected chi connectivity index (χ2v) is 7.17. The van der Waals surface area contributed by atoms with Crippen LogP contribution in [-0.4, -0.2) is 38.8 Å². The van der Waals surface area contributed by atoms with Crippen molar-refractivity contribution < 1.29 is 28.6 Å². The molecule has 0 fully saturated rings. The van der Waals surface area contributed by atoms with Crippen LogP contribution in [-0.2, 0) is 6.54 Å². The van der Waals surface area contributed by atoms with Crippen LogP contribution in [0.5, 0.6) is 17.2 Å². The SMILES string of the molecule is COc1ccc(CNC(=O)c2cc(OC)c3c(c2)C(=O)c2cccc(OC)c2C3=O)cc1. The second kappa shape index (κ2) is 8.55. The van der Waals surface area contributed by atoms with Gasteiger partial charge in [0, 0.05) is 23.2 Å². The Balaban J connectivity index is 1.67. The van der Waals surface area contributed by atoms with Crippen molar-refractivity contribution in [3.8, 4) is 17.2 Å². The number of ether oxygens (including phenoxy) is 3. The largest absolute Gasteiger partial charge is 0.497 e. The molecule has 0 saturated carbocycles. The third kappa shape index (κ3) is 3.58. The van der Waals surface area contributed by atoms with Gasteiger partial charge in [0.25, 0.3) is 5.91 Å². The van der Waals surface area contributed by atoms with Crippen LogP contribution < -0.4 is 19.5 Å². The van der Waals surface area contributed by atoms with E-state index in [4.69, 9.17) is 14.2 Å². The van der Waals surface area contributed by atoms with Crippen molar-refractivity contribution in [1.82, 2.24) is 5.32 Å². The van der Waals surface area contributed by atoms with Crippen LogP contribution in [0.15, 0.2) is 54.6 Å². The van der Waals surface area contributed by atoms with Gasteiger partial charge in [-0.3, -0.25) is 14.4 Å². The maximum atomic E-state index is 13.2. The molecule has 1 aliphatic carbocycles. The lowest BCUT2D eigenvalue weighted by atomic mass is 9.82. The number of methoxy groups -OCH3 is 3. The summed E-state index contributed by atoms with van der Waals surface area (Å²) in [6.45, 7) is 0.287. The summed E-state index contributed by atoms with van der Waals surface area (Å²) in [5, 5.41) is 2.82. The molecule has 1 aliphatic rings. The lowest BCUT2D eigenvalue weighted by Gasteiger charge is -2.22. The summed E-state index contributed by atoms with van der Waals surface area (Å²) in [7, 11) is 4.42. The van der Waals surface area contributed by atoms with E-state index in [1.54, 1.807) is 37.4 Å². The first-order valence-corrected chi connectivity index (χ1v) is 9.88. The molecule has 1 N–H and O–H groups in total. The van der Waals surface area contributed by atoms with Gasteiger partial charge in [-0.25, -0.2) is 0 Å². The minimum atomic E-state index is -0.390. The van der Waals surface area contributed by atoms with E-state index < -0.39 is 5.91 Å². The molecule has 0 aliphatic heterocycles. The predicted molar refractivity (Wildman–Crippen MR) is 117 cm³/mol. The number of fused-ring (bicyclic) bond motifs is 2. The highest BCUT2D eigenvalue weighted by Gasteiger charge is 2.35. The fourth-order valence-corrected chi connectivity index (χ4v) is 3.74. The van der Waals surface area contributed by atoms with E-state index in [0.717, 1.165) is 11.3 Å². The summed E-state index contributed by atoms with van der Waals surface area (Å²) in [5.41, 5.74) is 1.80. The number of ketones is 2. The molecule has 0 spiro atoms. The average Bonchev–Trinajstić information content (AvgIpc) is 2.84. The molecule has 162 valence electrons. The van der Waals surface area contributed by atoms with Crippen molar-refractivity contribution in [1.29, 1.82) is 0 Å². The number of carbonyl (C=O) groups excluding carboxylic acids is 3. The Labute approximate surface area is 184 Å². The quantitative estimate of drug-likeness (QED) is 0.503. The Kier molecular flexibility index (Phi) is 5.64. The van der Waals surface area contributed by atoms with E-state index in [9.17, 15) is 14.4 Å². The third-order valence-electron chi connectivity index (χ3n) is 5.39. The van der Waals surface area contributed by atoms with Crippen molar-refractivity contribution in [2.24, 2.45) is 0 Å². The smallest absolute Gasteiger partial charge is 0.251 e. The normalized spacial score (nSPS) is 12.0. The number of amides is 1. The zero-order valence-electron chi connectivity index (χ0n) is 17.9. The summed E-state index contributed by atoms with van der Waals surface area (Å²) in [5.74, 6) is 0.0609. The highest BCUT2D eigenvalue weighted by atomic mass is 16.5. The first-order chi connectivity index (χ1) is 15.5.